The summed E-state index contributed by atoms with van der Waals surface area (Å²) in [6, 6.07) is 0. The predicted molar refractivity (Wildman–Crippen MR) is 69.8 cm³/mol. The summed E-state index contributed by atoms with van der Waals surface area (Å²) in [5, 5.41) is 0. The first-order chi connectivity index (χ1) is 10.1. The fourth-order valence-electron chi connectivity index (χ4n) is 2.04. The summed E-state index contributed by atoms with van der Waals surface area (Å²) in [5.41, 5.74) is -12.3. The molecule has 0 N–H and O–H groups in total. The maximum atomic E-state index is 12.8. The van der Waals surface area contributed by atoms with Gasteiger partial charge >= 0.3 is 31.1 Å². The molecule has 13 heteroatoms. The monoisotopic (exact) mass is 394 g/mol. The first kappa shape index (κ1) is 22.4. The molecule has 0 radical (unpaired) electrons. The molecule has 0 aromatic carbocycles. The number of sulfonamides is 2. The average molecular weight is 394 g/mol. The lowest BCUT2D eigenvalue weighted by molar-refractivity contribution is -0.682. The summed E-state index contributed by atoms with van der Waals surface area (Å²) in [6.45, 7) is 0.0222. The second kappa shape index (κ2) is 7.13. The zero-order valence-corrected chi connectivity index (χ0v) is 14.0. The number of alkyl halides is 6. The lowest BCUT2D eigenvalue weighted by Gasteiger charge is -2.35. The van der Waals surface area contributed by atoms with Crippen molar-refractivity contribution in [1.29, 1.82) is 0 Å². The highest BCUT2D eigenvalue weighted by Crippen LogP contribution is 2.42. The Bertz CT molecular complexity index is 550. The van der Waals surface area contributed by atoms with Crippen LogP contribution in [0.2, 0.25) is 0 Å². The summed E-state index contributed by atoms with van der Waals surface area (Å²) in [7, 11) is -13.3. The standard InChI is InChI=1S/C10H18F6NO4S2/c1-3-5-6-8-17(7-4-2,22(18,19)9(11,12)13)23(20,21)10(14,15)16/h3-8H2,1-2H3/q+1. The molecule has 0 spiro atoms. The highest BCUT2D eigenvalue weighted by atomic mass is 32.3. The van der Waals surface area contributed by atoms with Crippen LogP contribution < -0.4 is 0 Å². The van der Waals surface area contributed by atoms with Crippen LogP contribution in [0, 0.1) is 0 Å². The van der Waals surface area contributed by atoms with E-state index < -0.39 is 60.3 Å². The summed E-state index contributed by atoms with van der Waals surface area (Å²) < 4.78 is 121. The molecule has 0 atom stereocenters. The summed E-state index contributed by atoms with van der Waals surface area (Å²) in [5.74, 6) is 0. The van der Waals surface area contributed by atoms with Gasteiger partial charge in [0.1, 0.15) is 13.1 Å². The van der Waals surface area contributed by atoms with Crippen molar-refractivity contribution in [2.24, 2.45) is 0 Å². The van der Waals surface area contributed by atoms with Crippen molar-refractivity contribution < 1.29 is 46.5 Å². The van der Waals surface area contributed by atoms with Crippen LogP contribution in [0.15, 0.2) is 0 Å². The summed E-state index contributed by atoms with van der Waals surface area (Å²) in [4.78, 5) is 0. The van der Waals surface area contributed by atoms with Gasteiger partial charge in [-0.25, -0.2) is 0 Å². The smallest absolute Gasteiger partial charge is 0.162 e. The molecule has 0 rings (SSSR count). The van der Waals surface area contributed by atoms with Gasteiger partial charge in [-0.2, -0.15) is 43.2 Å². The van der Waals surface area contributed by atoms with Crippen LogP contribution in [0.1, 0.15) is 39.5 Å². The Morgan fingerprint density at radius 3 is 1.35 bits per heavy atom. The van der Waals surface area contributed by atoms with Crippen molar-refractivity contribution in [3.05, 3.63) is 0 Å². The largest absolute Gasteiger partial charge is 0.550 e. The van der Waals surface area contributed by atoms with E-state index in [1.807, 2.05) is 0 Å². The molecule has 0 saturated carbocycles. The molecule has 0 aromatic heterocycles. The fraction of sp³-hybridized carbons (Fsp3) is 1.00. The molecule has 0 heterocycles. The number of halogens is 6. The van der Waals surface area contributed by atoms with Gasteiger partial charge in [-0.3, -0.25) is 0 Å². The lowest BCUT2D eigenvalue weighted by atomic mass is 10.2. The van der Waals surface area contributed by atoms with Gasteiger partial charge in [-0.15, -0.1) is 3.29 Å². The van der Waals surface area contributed by atoms with Crippen molar-refractivity contribution in [2.75, 3.05) is 13.1 Å². The van der Waals surface area contributed by atoms with Gasteiger partial charge in [-0.1, -0.05) is 20.3 Å². The Hall–Kier alpha value is -0.560. The van der Waals surface area contributed by atoms with E-state index in [1.54, 1.807) is 6.92 Å². The third-order valence-electron chi connectivity index (χ3n) is 3.13. The number of nitrogens with zero attached hydrogens (tertiary/aromatic N) is 1. The van der Waals surface area contributed by atoms with Crippen LogP contribution in [0.25, 0.3) is 0 Å². The number of rotatable bonds is 8. The molecule has 0 aliphatic heterocycles. The quantitative estimate of drug-likeness (QED) is 0.360. The number of hydrogen-bond donors (Lipinski definition) is 0. The zero-order valence-electron chi connectivity index (χ0n) is 12.4. The molecule has 0 aromatic rings. The van der Waals surface area contributed by atoms with E-state index in [0.29, 0.717) is 6.42 Å². The third kappa shape index (κ3) is 3.92. The van der Waals surface area contributed by atoms with E-state index in [2.05, 4.69) is 0 Å². The maximum Gasteiger partial charge on any atom is 0.550 e. The molecule has 0 aliphatic rings. The molecule has 0 fully saturated rings. The Balaban J connectivity index is 6.58. The molecule has 23 heavy (non-hydrogen) atoms. The summed E-state index contributed by atoms with van der Waals surface area (Å²) in [6.07, 6.45) is -0.480. The minimum atomic E-state index is -6.65. The Morgan fingerprint density at radius 1 is 0.696 bits per heavy atom. The lowest BCUT2D eigenvalue weighted by Crippen LogP contribution is -2.64. The second-order valence-electron chi connectivity index (χ2n) is 4.81. The normalized spacial score (nSPS) is 15.0. The molecule has 0 amide bonds. The highest BCUT2D eigenvalue weighted by Gasteiger charge is 2.72. The van der Waals surface area contributed by atoms with E-state index in [-0.39, 0.29) is 6.42 Å². The van der Waals surface area contributed by atoms with Crippen molar-refractivity contribution in [3.63, 3.8) is 0 Å². The van der Waals surface area contributed by atoms with Crippen LogP contribution in [-0.4, -0.2) is 44.2 Å². The Labute approximate surface area is 131 Å². The van der Waals surface area contributed by atoms with E-state index in [9.17, 15) is 43.2 Å². The zero-order chi connectivity index (χ0) is 18.7. The Morgan fingerprint density at radius 2 is 1.09 bits per heavy atom. The first-order valence-corrected chi connectivity index (χ1v) is 9.50. The van der Waals surface area contributed by atoms with Crippen LogP contribution >= 0.6 is 0 Å². The minimum Gasteiger partial charge on any atom is -0.162 e. The van der Waals surface area contributed by atoms with Gasteiger partial charge in [0.05, 0.1) is 0 Å². The first-order valence-electron chi connectivity index (χ1n) is 6.62. The average Bonchev–Trinajstić information content (AvgIpc) is 2.34. The molecule has 140 valence electrons. The predicted octanol–water partition coefficient (Wildman–Crippen LogP) is 3.10. The maximum absolute atomic E-state index is 12.8. The van der Waals surface area contributed by atoms with Gasteiger partial charge in [-0.05, 0) is 19.3 Å². The Kier molecular flexibility index (Phi) is 6.96. The van der Waals surface area contributed by atoms with Crippen LogP contribution in [0.5, 0.6) is 0 Å². The molecular weight excluding hydrogens is 376 g/mol. The van der Waals surface area contributed by atoms with Crippen molar-refractivity contribution in [2.45, 2.75) is 50.5 Å². The highest BCUT2D eigenvalue weighted by molar-refractivity contribution is 7.99. The van der Waals surface area contributed by atoms with Gasteiger partial charge in [0.25, 0.3) is 0 Å². The molecule has 0 aliphatic carbocycles. The minimum absolute atomic E-state index is 0.0878. The fourth-order valence-corrected chi connectivity index (χ4v) is 5.92. The molecular formula is C10H18F6NO4S2+. The van der Waals surface area contributed by atoms with Crippen LogP contribution in [0.3, 0.4) is 0 Å². The van der Waals surface area contributed by atoms with E-state index in [0.717, 1.165) is 6.92 Å². The van der Waals surface area contributed by atoms with E-state index in [1.165, 1.54) is 0 Å². The molecule has 0 saturated heterocycles. The van der Waals surface area contributed by atoms with Gasteiger partial charge in [0.2, 0.25) is 0 Å². The van der Waals surface area contributed by atoms with Crippen molar-refractivity contribution in [1.82, 2.24) is 0 Å². The third-order valence-corrected chi connectivity index (χ3v) is 7.96. The van der Waals surface area contributed by atoms with Gasteiger partial charge in [0, 0.05) is 0 Å². The second-order valence-corrected chi connectivity index (χ2v) is 9.27. The molecule has 5 nitrogen and oxygen atoms in total. The van der Waals surface area contributed by atoms with Crippen molar-refractivity contribution >= 4 is 20.0 Å². The molecule has 0 bridgehead atoms. The molecule has 0 unspecified atom stereocenters. The van der Waals surface area contributed by atoms with Gasteiger partial charge < -0.3 is 0 Å². The van der Waals surface area contributed by atoms with Crippen LogP contribution in [-0.2, 0) is 20.0 Å². The number of unbranched alkanes of at least 4 members (excludes halogenated alkanes) is 2. The number of quaternary nitrogens is 1. The van der Waals surface area contributed by atoms with Crippen molar-refractivity contribution in [3.8, 4) is 0 Å². The van der Waals surface area contributed by atoms with Gasteiger partial charge in [0.15, 0.2) is 0 Å². The van der Waals surface area contributed by atoms with E-state index in [4.69, 9.17) is 0 Å². The summed E-state index contributed by atoms with van der Waals surface area (Å²) >= 11 is 0. The van der Waals surface area contributed by atoms with Crippen LogP contribution in [0.4, 0.5) is 26.3 Å². The SMILES string of the molecule is CCCCC[N+](CCC)(S(=O)(=O)C(F)(F)F)S(=O)(=O)C(F)(F)F. The number of hydrogen-bond acceptors (Lipinski definition) is 4. The van der Waals surface area contributed by atoms with E-state index >= 15 is 0 Å². The topological polar surface area (TPSA) is 68.3 Å².